The van der Waals surface area contributed by atoms with Crippen LogP contribution in [0.5, 0.6) is 0 Å². The molecule has 2 nitrogen and oxygen atoms in total. The summed E-state index contributed by atoms with van der Waals surface area (Å²) in [5.74, 6) is 0. The molecule has 0 radical (unpaired) electrons. The van der Waals surface area contributed by atoms with Crippen LogP contribution in [0.25, 0.3) is 0 Å². The molecule has 1 saturated heterocycles. The van der Waals surface area contributed by atoms with Gasteiger partial charge in [0.15, 0.2) is 0 Å². The highest BCUT2D eigenvalue weighted by atomic mass is 127. The Hall–Kier alpha value is 0.650. The quantitative estimate of drug-likeness (QED) is 0.485. The topological polar surface area (TPSA) is 29.5 Å². The van der Waals surface area contributed by atoms with Gasteiger partial charge in [0.05, 0.1) is 16.6 Å². The second kappa shape index (κ2) is 2.98. The van der Waals surface area contributed by atoms with Crippen LogP contribution < -0.4 is 0 Å². The van der Waals surface area contributed by atoms with Gasteiger partial charge >= 0.3 is 0 Å². The number of hydrogen-bond donors (Lipinski definition) is 1. The maximum absolute atomic E-state index is 9.09. The Balaban J connectivity index is 2.28. The number of ether oxygens (including phenoxy) is 1. The number of halogens is 1. The van der Waals surface area contributed by atoms with E-state index in [0.29, 0.717) is 10.5 Å². The van der Waals surface area contributed by atoms with E-state index in [1.165, 1.54) is 0 Å². The van der Waals surface area contributed by atoms with E-state index in [9.17, 15) is 0 Å². The Morgan fingerprint density at radius 1 is 1.62 bits per heavy atom. The molecule has 1 aliphatic heterocycles. The lowest BCUT2D eigenvalue weighted by atomic mass is 10.2. The molecule has 1 aliphatic rings. The zero-order valence-corrected chi connectivity index (χ0v) is 6.67. The van der Waals surface area contributed by atoms with Crippen molar-refractivity contribution in [3.05, 3.63) is 0 Å². The number of aliphatic hydroxyl groups is 1. The van der Waals surface area contributed by atoms with Gasteiger partial charge in [0.1, 0.15) is 0 Å². The average molecular weight is 228 g/mol. The van der Waals surface area contributed by atoms with Crippen molar-refractivity contribution < 1.29 is 9.84 Å². The number of aliphatic hydroxyl groups excluding tert-OH is 1. The largest absolute Gasteiger partial charge is 0.392 e. The van der Waals surface area contributed by atoms with Gasteiger partial charge in [-0.15, -0.1) is 0 Å². The van der Waals surface area contributed by atoms with E-state index < -0.39 is 0 Å². The van der Waals surface area contributed by atoms with Gasteiger partial charge in [-0.1, -0.05) is 22.6 Å². The Morgan fingerprint density at radius 3 is 2.75 bits per heavy atom. The molecule has 0 aromatic heterocycles. The van der Waals surface area contributed by atoms with Crippen LogP contribution in [-0.4, -0.2) is 28.3 Å². The molecule has 2 unspecified atom stereocenters. The number of rotatable bonds is 0. The van der Waals surface area contributed by atoms with Crippen LogP contribution in [0.2, 0.25) is 0 Å². The first-order valence-corrected chi connectivity index (χ1v) is 3.95. The molecule has 0 aliphatic carbocycles. The minimum absolute atomic E-state index is 0.135. The number of alkyl halides is 1. The smallest absolute Gasteiger partial charge is 0.0702 e. The zero-order chi connectivity index (χ0) is 5.98. The Morgan fingerprint density at radius 2 is 2.38 bits per heavy atom. The molecule has 0 amide bonds. The third kappa shape index (κ3) is 1.56. The molecule has 0 saturated carbocycles. The lowest BCUT2D eigenvalue weighted by Crippen LogP contribution is -2.31. The van der Waals surface area contributed by atoms with E-state index in [-0.39, 0.29) is 6.10 Å². The highest BCUT2D eigenvalue weighted by molar-refractivity contribution is 14.1. The Kier molecular flexibility index (Phi) is 2.52. The first-order chi connectivity index (χ1) is 3.80. The van der Waals surface area contributed by atoms with Crippen LogP contribution in [0.1, 0.15) is 6.42 Å². The maximum Gasteiger partial charge on any atom is 0.0702 e. The molecule has 0 bridgehead atoms. The standard InChI is InChI=1S/C5H9IO2/c6-4-3-8-2-1-5(4)7/h4-5,7H,1-3H2. The van der Waals surface area contributed by atoms with Crippen LogP contribution >= 0.6 is 22.6 Å². The van der Waals surface area contributed by atoms with Gasteiger partial charge in [-0.3, -0.25) is 0 Å². The van der Waals surface area contributed by atoms with Crippen molar-refractivity contribution in [2.24, 2.45) is 0 Å². The fourth-order valence-electron chi connectivity index (χ4n) is 0.692. The predicted octanol–water partition coefficient (Wildman–Crippen LogP) is 0.571. The summed E-state index contributed by atoms with van der Waals surface area (Å²) in [6.45, 7) is 1.43. The zero-order valence-electron chi connectivity index (χ0n) is 4.51. The van der Waals surface area contributed by atoms with Gasteiger partial charge in [-0.05, 0) is 6.42 Å². The lowest BCUT2D eigenvalue weighted by molar-refractivity contribution is 0.0246. The molecule has 1 rings (SSSR count). The monoisotopic (exact) mass is 228 g/mol. The van der Waals surface area contributed by atoms with Crippen LogP contribution in [0.4, 0.5) is 0 Å². The SMILES string of the molecule is OC1CCOCC1I. The Bertz CT molecular complexity index is 66.8. The van der Waals surface area contributed by atoms with Gasteiger partial charge in [-0.2, -0.15) is 0 Å². The van der Waals surface area contributed by atoms with Crippen molar-refractivity contribution in [2.75, 3.05) is 13.2 Å². The second-order valence-corrected chi connectivity index (χ2v) is 3.55. The molecule has 48 valence electrons. The summed E-state index contributed by atoms with van der Waals surface area (Å²) in [5.41, 5.74) is 0. The summed E-state index contributed by atoms with van der Waals surface area (Å²) in [6, 6.07) is 0. The molecule has 1 N–H and O–H groups in total. The maximum atomic E-state index is 9.09. The van der Waals surface area contributed by atoms with Crippen LogP contribution in [0.3, 0.4) is 0 Å². The second-order valence-electron chi connectivity index (χ2n) is 1.95. The van der Waals surface area contributed by atoms with Crippen LogP contribution in [-0.2, 0) is 4.74 Å². The minimum Gasteiger partial charge on any atom is -0.392 e. The van der Waals surface area contributed by atoms with E-state index in [1.807, 2.05) is 0 Å². The minimum atomic E-state index is -0.135. The molecule has 0 aromatic rings. The summed E-state index contributed by atoms with van der Waals surface area (Å²) in [5, 5.41) is 9.09. The summed E-state index contributed by atoms with van der Waals surface area (Å²) >= 11 is 2.21. The van der Waals surface area contributed by atoms with Crippen molar-refractivity contribution in [3.8, 4) is 0 Å². The molecule has 8 heavy (non-hydrogen) atoms. The van der Waals surface area contributed by atoms with Crippen molar-refractivity contribution in [1.29, 1.82) is 0 Å². The van der Waals surface area contributed by atoms with Crippen molar-refractivity contribution >= 4 is 22.6 Å². The van der Waals surface area contributed by atoms with Crippen molar-refractivity contribution in [3.63, 3.8) is 0 Å². The van der Waals surface area contributed by atoms with Gasteiger partial charge in [-0.25, -0.2) is 0 Å². The van der Waals surface area contributed by atoms with E-state index in [1.54, 1.807) is 0 Å². The predicted molar refractivity (Wildman–Crippen MR) is 39.3 cm³/mol. The molecule has 0 aromatic carbocycles. The third-order valence-electron chi connectivity index (χ3n) is 1.25. The fraction of sp³-hybridized carbons (Fsp3) is 1.00. The molecule has 1 fully saturated rings. The highest BCUT2D eigenvalue weighted by Gasteiger charge is 2.19. The summed E-state index contributed by atoms with van der Waals surface area (Å²) < 4.78 is 5.39. The number of hydrogen-bond acceptors (Lipinski definition) is 2. The summed E-state index contributed by atoms with van der Waals surface area (Å²) in [4.78, 5) is 0. The lowest BCUT2D eigenvalue weighted by Gasteiger charge is -2.22. The Labute approximate surface area is 62.4 Å². The van der Waals surface area contributed by atoms with Crippen molar-refractivity contribution in [1.82, 2.24) is 0 Å². The first-order valence-electron chi connectivity index (χ1n) is 2.70. The fourth-order valence-corrected chi connectivity index (χ4v) is 1.31. The first kappa shape index (κ1) is 6.77. The van der Waals surface area contributed by atoms with E-state index in [0.717, 1.165) is 13.0 Å². The van der Waals surface area contributed by atoms with Crippen molar-refractivity contribution in [2.45, 2.75) is 16.4 Å². The highest BCUT2D eigenvalue weighted by Crippen LogP contribution is 2.14. The van der Waals surface area contributed by atoms with E-state index in [2.05, 4.69) is 22.6 Å². The third-order valence-corrected chi connectivity index (χ3v) is 2.44. The molecular formula is C5H9IO2. The van der Waals surface area contributed by atoms with E-state index in [4.69, 9.17) is 9.84 Å². The van der Waals surface area contributed by atoms with Gasteiger partial charge in [0.2, 0.25) is 0 Å². The van der Waals surface area contributed by atoms with Gasteiger partial charge in [0, 0.05) is 6.61 Å². The average Bonchev–Trinajstić information content (AvgIpc) is 1.77. The molecular weight excluding hydrogens is 219 g/mol. The van der Waals surface area contributed by atoms with E-state index >= 15 is 0 Å². The van der Waals surface area contributed by atoms with Gasteiger partial charge < -0.3 is 9.84 Å². The van der Waals surface area contributed by atoms with Crippen LogP contribution in [0, 0.1) is 0 Å². The normalized spacial score (nSPS) is 39.8. The molecule has 2 atom stereocenters. The molecule has 0 spiro atoms. The summed E-state index contributed by atoms with van der Waals surface area (Å²) in [7, 11) is 0. The van der Waals surface area contributed by atoms with Gasteiger partial charge in [0.25, 0.3) is 0 Å². The summed E-state index contributed by atoms with van der Waals surface area (Å²) in [6.07, 6.45) is 0.664. The molecule has 3 heteroatoms. The van der Waals surface area contributed by atoms with Crippen LogP contribution in [0.15, 0.2) is 0 Å². The molecule has 1 heterocycles.